The van der Waals surface area contributed by atoms with E-state index in [9.17, 15) is 4.79 Å². The van der Waals surface area contributed by atoms with E-state index in [2.05, 4.69) is 6.92 Å². The first kappa shape index (κ1) is 28.0. The maximum atomic E-state index is 11.9. The largest absolute Gasteiger partial charge is 0.462 e. The van der Waals surface area contributed by atoms with E-state index in [4.69, 9.17) is 10.5 Å². The van der Waals surface area contributed by atoms with Crippen molar-refractivity contribution in [3.8, 4) is 0 Å². The van der Waals surface area contributed by atoms with Gasteiger partial charge in [0.05, 0.1) is 12.2 Å². The van der Waals surface area contributed by atoms with Gasteiger partial charge in [-0.15, -0.1) is 0 Å². The van der Waals surface area contributed by atoms with Crippen LogP contribution in [-0.4, -0.2) is 12.6 Å². The molecule has 166 valence electrons. The molecule has 3 nitrogen and oxygen atoms in total. The number of nitrogens with two attached hydrogens (primary N) is 1. The van der Waals surface area contributed by atoms with E-state index in [1.165, 1.54) is 89.9 Å². The summed E-state index contributed by atoms with van der Waals surface area (Å²) in [7, 11) is 0. The van der Waals surface area contributed by atoms with Crippen LogP contribution in [0.5, 0.6) is 0 Å². The fourth-order valence-electron chi connectivity index (χ4n) is 3.58. The standard InChI is InChI=1S/C25H43NO2.Cr/c1-2-3-4-5-6-7-8-9-10-11-12-13-14-15-16-19-22-28-25(27)23-20-17-18-21-24(23)26;/h17-18,20-21H,2-16,19,22,26H2,1H3;. The van der Waals surface area contributed by atoms with Gasteiger partial charge in [0.2, 0.25) is 0 Å². The van der Waals surface area contributed by atoms with Crippen LogP contribution in [0, 0.1) is 0 Å². The van der Waals surface area contributed by atoms with Gasteiger partial charge in [0.15, 0.2) is 0 Å². The Balaban J connectivity index is 0.00000784. The second kappa shape index (κ2) is 20.3. The number of carbonyl (C=O) groups excluding carboxylic acids is 1. The summed E-state index contributed by atoms with van der Waals surface area (Å²) in [6, 6.07) is 7.07. The van der Waals surface area contributed by atoms with Crippen LogP contribution in [0.25, 0.3) is 0 Å². The van der Waals surface area contributed by atoms with E-state index in [1.807, 2.05) is 12.1 Å². The Morgan fingerprint density at radius 2 is 1.14 bits per heavy atom. The predicted octanol–water partition coefficient (Wildman–Crippen LogP) is 7.68. The average Bonchev–Trinajstić information content (AvgIpc) is 2.70. The Morgan fingerprint density at radius 3 is 1.59 bits per heavy atom. The molecule has 0 spiro atoms. The number of hydrogen-bond donors (Lipinski definition) is 1. The number of unbranched alkanes of at least 4 members (excludes halogenated alkanes) is 15. The fraction of sp³-hybridized carbons (Fsp3) is 0.720. The Morgan fingerprint density at radius 1 is 0.724 bits per heavy atom. The summed E-state index contributed by atoms with van der Waals surface area (Å²) in [5, 5.41) is 0. The molecule has 2 N–H and O–H groups in total. The van der Waals surface area contributed by atoms with Crippen molar-refractivity contribution in [2.45, 2.75) is 110 Å². The first-order chi connectivity index (χ1) is 13.8. The second-order valence-corrected chi connectivity index (χ2v) is 8.03. The number of hydrogen-bond acceptors (Lipinski definition) is 3. The van der Waals surface area contributed by atoms with E-state index < -0.39 is 0 Å². The summed E-state index contributed by atoms with van der Waals surface area (Å²) in [5.41, 5.74) is 6.74. The molecule has 0 unspecified atom stereocenters. The number of nitrogen functional groups attached to an aromatic ring is 1. The second-order valence-electron chi connectivity index (χ2n) is 8.03. The molecule has 0 saturated carbocycles. The molecule has 0 fully saturated rings. The molecule has 1 aromatic rings. The van der Waals surface area contributed by atoms with Gasteiger partial charge >= 0.3 is 5.97 Å². The zero-order valence-corrected chi connectivity index (χ0v) is 19.9. The minimum Gasteiger partial charge on any atom is -0.462 e. The summed E-state index contributed by atoms with van der Waals surface area (Å²) >= 11 is 0. The molecule has 0 aromatic heterocycles. The quantitative estimate of drug-likeness (QED) is 0.144. The molecular formula is C25H43CrNO2. The van der Waals surface area contributed by atoms with E-state index in [-0.39, 0.29) is 23.3 Å². The van der Waals surface area contributed by atoms with Crippen molar-refractivity contribution in [2.24, 2.45) is 0 Å². The number of para-hydroxylation sites is 1. The summed E-state index contributed by atoms with van der Waals surface area (Å²) in [4.78, 5) is 11.9. The van der Waals surface area contributed by atoms with Gasteiger partial charge < -0.3 is 10.5 Å². The fourth-order valence-corrected chi connectivity index (χ4v) is 3.58. The Kier molecular flexibility index (Phi) is 19.6. The Hall–Kier alpha value is -0.978. The molecule has 0 aliphatic carbocycles. The molecule has 0 heterocycles. The number of benzene rings is 1. The Bertz CT molecular complexity index is 507. The minimum atomic E-state index is -0.306. The number of carbonyl (C=O) groups is 1. The summed E-state index contributed by atoms with van der Waals surface area (Å²) in [6.07, 6.45) is 21.5. The van der Waals surface area contributed by atoms with Gasteiger partial charge in [-0.25, -0.2) is 4.79 Å². The van der Waals surface area contributed by atoms with Crippen molar-refractivity contribution in [1.29, 1.82) is 0 Å². The number of anilines is 1. The van der Waals surface area contributed by atoms with Crippen LogP contribution in [0.15, 0.2) is 24.3 Å². The molecule has 0 aliphatic heterocycles. The average molecular weight is 442 g/mol. The molecule has 0 saturated heterocycles. The van der Waals surface area contributed by atoms with Crippen LogP contribution >= 0.6 is 0 Å². The van der Waals surface area contributed by atoms with Crippen LogP contribution in [-0.2, 0) is 22.1 Å². The molecule has 4 heteroatoms. The molecule has 29 heavy (non-hydrogen) atoms. The van der Waals surface area contributed by atoms with Crippen LogP contribution in [0.1, 0.15) is 120 Å². The number of ether oxygens (including phenoxy) is 1. The summed E-state index contributed by atoms with van der Waals surface area (Å²) in [5.74, 6) is -0.306. The maximum Gasteiger partial charge on any atom is 0.340 e. The SMILES string of the molecule is CCCCCCCCCCCCCCCCCCOC(=O)c1ccccc1N.[Cr]. The van der Waals surface area contributed by atoms with E-state index in [1.54, 1.807) is 12.1 Å². The van der Waals surface area contributed by atoms with Crippen molar-refractivity contribution in [3.63, 3.8) is 0 Å². The molecule has 0 radical (unpaired) electrons. The van der Waals surface area contributed by atoms with Crippen LogP contribution in [0.4, 0.5) is 5.69 Å². The summed E-state index contributed by atoms with van der Waals surface area (Å²) < 4.78 is 5.31. The molecular weight excluding hydrogens is 398 g/mol. The van der Waals surface area contributed by atoms with Gasteiger partial charge in [0.25, 0.3) is 0 Å². The van der Waals surface area contributed by atoms with Crippen LogP contribution in [0.3, 0.4) is 0 Å². The third kappa shape index (κ3) is 15.5. The van der Waals surface area contributed by atoms with Gasteiger partial charge in [-0.05, 0) is 18.6 Å². The van der Waals surface area contributed by atoms with Gasteiger partial charge in [0, 0.05) is 23.0 Å². The predicted molar refractivity (Wildman–Crippen MR) is 121 cm³/mol. The zero-order valence-electron chi connectivity index (χ0n) is 18.6. The number of esters is 1. The third-order valence-corrected chi connectivity index (χ3v) is 5.41. The van der Waals surface area contributed by atoms with Crippen LogP contribution in [0.2, 0.25) is 0 Å². The van der Waals surface area contributed by atoms with Crippen molar-refractivity contribution >= 4 is 11.7 Å². The van der Waals surface area contributed by atoms with Crippen molar-refractivity contribution < 1.29 is 26.9 Å². The minimum absolute atomic E-state index is 0. The summed E-state index contributed by atoms with van der Waals surface area (Å²) in [6.45, 7) is 2.77. The van der Waals surface area contributed by atoms with Crippen molar-refractivity contribution in [2.75, 3.05) is 12.3 Å². The Labute approximate surface area is 190 Å². The zero-order chi connectivity index (χ0) is 20.3. The van der Waals surface area contributed by atoms with E-state index in [0.717, 1.165) is 12.8 Å². The normalized spacial score (nSPS) is 10.5. The molecule has 0 bridgehead atoms. The molecule has 1 rings (SSSR count). The number of rotatable bonds is 18. The van der Waals surface area contributed by atoms with Gasteiger partial charge in [-0.2, -0.15) is 0 Å². The first-order valence-electron chi connectivity index (χ1n) is 11.8. The molecule has 0 atom stereocenters. The van der Waals surface area contributed by atoms with Gasteiger partial charge in [0.1, 0.15) is 0 Å². The topological polar surface area (TPSA) is 52.3 Å². The van der Waals surface area contributed by atoms with Gasteiger partial charge in [-0.3, -0.25) is 0 Å². The first-order valence-corrected chi connectivity index (χ1v) is 11.8. The van der Waals surface area contributed by atoms with Crippen molar-refractivity contribution in [1.82, 2.24) is 0 Å². The molecule has 0 amide bonds. The van der Waals surface area contributed by atoms with E-state index in [0.29, 0.717) is 17.9 Å². The molecule has 1 aromatic carbocycles. The van der Waals surface area contributed by atoms with Crippen molar-refractivity contribution in [3.05, 3.63) is 29.8 Å². The maximum absolute atomic E-state index is 11.9. The van der Waals surface area contributed by atoms with Crippen LogP contribution < -0.4 is 5.73 Å². The van der Waals surface area contributed by atoms with Gasteiger partial charge in [-0.1, -0.05) is 115 Å². The monoisotopic (exact) mass is 441 g/mol. The molecule has 0 aliphatic rings. The third-order valence-electron chi connectivity index (χ3n) is 5.41. The van der Waals surface area contributed by atoms with E-state index >= 15 is 0 Å². The smallest absolute Gasteiger partial charge is 0.340 e.